The van der Waals surface area contributed by atoms with Crippen molar-refractivity contribution in [2.75, 3.05) is 0 Å². The van der Waals surface area contributed by atoms with Gasteiger partial charge in [-0.3, -0.25) is 0 Å². The first kappa shape index (κ1) is 6.34. The van der Waals surface area contributed by atoms with Crippen molar-refractivity contribution in [1.29, 1.82) is 0 Å². The van der Waals surface area contributed by atoms with Crippen molar-refractivity contribution >= 4 is 5.91 Å². The topological polar surface area (TPSA) is 29.1 Å². The van der Waals surface area contributed by atoms with Gasteiger partial charge in [0.2, 0.25) is 0 Å². The van der Waals surface area contributed by atoms with Crippen molar-refractivity contribution < 1.29 is 29.5 Å². The summed E-state index contributed by atoms with van der Waals surface area (Å²) in [7, 11) is 0. The van der Waals surface area contributed by atoms with Gasteiger partial charge in [0.25, 0.3) is 0 Å². The standard InChI is InChI=1S/C3H7NO.Sc/c1-2-3(4)5;/h2H2,1H3,(H2,4,5);/q;+1/p-1. The van der Waals surface area contributed by atoms with Crippen LogP contribution in [0.2, 0.25) is 0 Å². The van der Waals surface area contributed by atoms with Gasteiger partial charge in [0.05, 0.1) is 0 Å². The van der Waals surface area contributed by atoms with Gasteiger partial charge < -0.3 is 0 Å². The van der Waals surface area contributed by atoms with E-state index < -0.39 is 0 Å². The third-order valence-corrected chi connectivity index (χ3v) is 0.985. The fourth-order valence-corrected chi connectivity index (χ4v) is 0.421. The molecule has 0 spiro atoms. The number of hydrogen-bond donors (Lipinski definition) is 1. The number of rotatable bonds is 1. The Balaban J connectivity index is 2.99. The van der Waals surface area contributed by atoms with Crippen molar-refractivity contribution in [1.82, 2.24) is 3.30 Å². The molecule has 0 saturated carbocycles. The Kier molecular flexibility index (Phi) is 3.73. The molecule has 0 aliphatic heterocycles. The monoisotopic (exact) mass is 117 g/mol. The zero-order valence-electron chi connectivity index (χ0n) is 3.69. The molecule has 0 heterocycles. The van der Waals surface area contributed by atoms with Crippen molar-refractivity contribution in [3.8, 4) is 0 Å². The summed E-state index contributed by atoms with van der Waals surface area (Å²) in [5.74, 6) is 0.120. The molecule has 0 fully saturated rings. The molecule has 1 N–H and O–H groups in total. The van der Waals surface area contributed by atoms with E-state index in [1.165, 1.54) is 24.7 Å². The number of carbonyl (C=O) groups is 1. The van der Waals surface area contributed by atoms with Crippen molar-refractivity contribution in [2.24, 2.45) is 0 Å². The average Bonchev–Trinajstić information content (AvgIpc) is 1.65. The van der Waals surface area contributed by atoms with Crippen LogP contribution in [0.25, 0.3) is 0 Å². The Morgan fingerprint density at radius 1 is 2.00 bits per heavy atom. The maximum absolute atomic E-state index is 10.1. The number of amides is 1. The first-order valence-electron chi connectivity index (χ1n) is 1.80. The van der Waals surface area contributed by atoms with E-state index in [0.29, 0.717) is 6.42 Å². The van der Waals surface area contributed by atoms with E-state index in [-0.39, 0.29) is 5.91 Å². The molecule has 0 bridgehead atoms. The molecule has 0 unspecified atom stereocenters. The molecule has 0 atom stereocenters. The van der Waals surface area contributed by atoms with Gasteiger partial charge in [-0.2, -0.15) is 0 Å². The van der Waals surface area contributed by atoms with Crippen molar-refractivity contribution in [3.05, 3.63) is 0 Å². The summed E-state index contributed by atoms with van der Waals surface area (Å²) in [6.45, 7) is 1.83. The first-order chi connectivity index (χ1) is 2.81. The average molecular weight is 117 g/mol. The maximum atomic E-state index is 10.1. The van der Waals surface area contributed by atoms with Gasteiger partial charge in [-0.1, -0.05) is 0 Å². The molecule has 32 valence electrons. The van der Waals surface area contributed by atoms with Gasteiger partial charge in [0.1, 0.15) is 0 Å². The first-order valence-corrected chi connectivity index (χ1v) is 2.71. The van der Waals surface area contributed by atoms with Crippen LogP contribution in [-0.2, 0) is 29.5 Å². The Labute approximate surface area is 52.3 Å². The summed E-state index contributed by atoms with van der Waals surface area (Å²) >= 11 is 1.25. The summed E-state index contributed by atoms with van der Waals surface area (Å²) in [4.78, 5) is 10.1. The fraction of sp³-hybridized carbons (Fsp3) is 0.667. The minimum absolute atomic E-state index is 0.120. The van der Waals surface area contributed by atoms with E-state index in [1.807, 2.05) is 6.92 Å². The van der Waals surface area contributed by atoms with Gasteiger partial charge >= 0.3 is 52.0 Å². The van der Waals surface area contributed by atoms with E-state index in [2.05, 4.69) is 3.30 Å². The normalized spacial score (nSPS) is 7.33. The van der Waals surface area contributed by atoms with Crippen molar-refractivity contribution in [2.45, 2.75) is 13.3 Å². The summed E-state index contributed by atoms with van der Waals surface area (Å²) in [6.07, 6.45) is 0.595. The second kappa shape index (κ2) is 3.53. The molecule has 0 aromatic rings. The van der Waals surface area contributed by atoms with E-state index >= 15 is 0 Å². The van der Waals surface area contributed by atoms with Gasteiger partial charge in [0.15, 0.2) is 0 Å². The van der Waals surface area contributed by atoms with E-state index in [9.17, 15) is 4.79 Å². The second-order valence-corrected chi connectivity index (χ2v) is 1.37. The molecule has 2 nitrogen and oxygen atoms in total. The van der Waals surface area contributed by atoms with Crippen LogP contribution in [0, 0.1) is 0 Å². The molecule has 0 rings (SSSR count). The molecule has 0 radical (unpaired) electrons. The van der Waals surface area contributed by atoms with Crippen LogP contribution in [0.1, 0.15) is 13.3 Å². The Morgan fingerprint density at radius 3 is 2.50 bits per heavy atom. The minimum atomic E-state index is 0.120. The van der Waals surface area contributed by atoms with Crippen LogP contribution in [0.15, 0.2) is 0 Å². The SMILES string of the molecule is CCC(=O)[NH][Sc]. The molecule has 6 heavy (non-hydrogen) atoms. The molecule has 0 aromatic heterocycles. The van der Waals surface area contributed by atoms with E-state index in [1.54, 1.807) is 0 Å². The summed E-state index contributed by atoms with van der Waals surface area (Å²) in [5, 5.41) is 0. The van der Waals surface area contributed by atoms with Crippen LogP contribution in [0.5, 0.6) is 0 Å². The van der Waals surface area contributed by atoms with E-state index in [4.69, 9.17) is 0 Å². The van der Waals surface area contributed by atoms with Crippen LogP contribution >= 0.6 is 0 Å². The van der Waals surface area contributed by atoms with E-state index in [0.717, 1.165) is 0 Å². The quantitative estimate of drug-likeness (QED) is 0.513. The molecule has 0 aromatic carbocycles. The predicted octanol–water partition coefficient (Wildman–Crippen LogP) is -0.0256. The van der Waals surface area contributed by atoms with Gasteiger partial charge in [-0.05, 0) is 0 Å². The predicted molar refractivity (Wildman–Crippen MR) is 18.4 cm³/mol. The van der Waals surface area contributed by atoms with Crippen LogP contribution in [0.4, 0.5) is 0 Å². The van der Waals surface area contributed by atoms with Gasteiger partial charge in [-0.25, -0.2) is 0 Å². The second-order valence-electron chi connectivity index (χ2n) is 0.921. The summed E-state index contributed by atoms with van der Waals surface area (Å²) in [5.41, 5.74) is 0. The molecule has 0 aliphatic rings. The molecule has 3 heteroatoms. The van der Waals surface area contributed by atoms with Crippen LogP contribution in [0.3, 0.4) is 0 Å². The number of hydrogen-bond acceptors (Lipinski definition) is 1. The third-order valence-electron chi connectivity index (χ3n) is 0.482. The zero-order chi connectivity index (χ0) is 4.99. The summed E-state index contributed by atoms with van der Waals surface area (Å²) < 4.78 is 2.54. The fourth-order valence-electron chi connectivity index (χ4n) is 0.102. The number of nitrogens with one attached hydrogen (secondary N) is 1. The Hall–Kier alpha value is 0.340. The molecule has 1 amide bonds. The molecule has 0 aliphatic carbocycles. The van der Waals surface area contributed by atoms with Crippen LogP contribution < -0.4 is 3.30 Å². The van der Waals surface area contributed by atoms with Gasteiger partial charge in [-0.15, -0.1) is 0 Å². The molecular weight excluding hydrogens is 111 g/mol. The summed E-state index contributed by atoms with van der Waals surface area (Å²) in [6, 6.07) is 0. The molecular formula is C3H6NOSc. The Bertz CT molecular complexity index is 48.8. The third kappa shape index (κ3) is 2.57. The van der Waals surface area contributed by atoms with Gasteiger partial charge in [0, 0.05) is 0 Å². The zero-order valence-corrected chi connectivity index (χ0v) is 5.50. The Morgan fingerprint density at radius 2 is 2.50 bits per heavy atom. The molecule has 0 saturated heterocycles. The van der Waals surface area contributed by atoms with Crippen LogP contribution in [-0.4, -0.2) is 5.91 Å². The van der Waals surface area contributed by atoms with Crippen molar-refractivity contribution in [3.63, 3.8) is 0 Å². The number of carbonyl (C=O) groups excluding carboxylic acids is 1.